The van der Waals surface area contributed by atoms with Crippen molar-refractivity contribution < 1.29 is 13.2 Å². The molecule has 1 aromatic heterocycles. The molecule has 3 rings (SSSR count). The summed E-state index contributed by atoms with van der Waals surface area (Å²) in [6.45, 7) is 3.31. The molecule has 0 aliphatic carbocycles. The summed E-state index contributed by atoms with van der Waals surface area (Å²) in [6.07, 6.45) is -1.22. The fourth-order valence-electron chi connectivity index (χ4n) is 2.99. The van der Waals surface area contributed by atoms with Gasteiger partial charge in [0, 0.05) is 31.0 Å². The first kappa shape index (κ1) is 16.5. The summed E-state index contributed by atoms with van der Waals surface area (Å²) in [4.78, 5) is 9.66. The first-order valence-corrected chi connectivity index (χ1v) is 7.94. The number of alkyl halides is 3. The third kappa shape index (κ3) is 3.60. The molecule has 0 spiro atoms. The molecule has 1 N–H and O–H groups in total. The number of anilines is 2. The lowest BCUT2D eigenvalue weighted by Crippen LogP contribution is -2.40. The maximum absolute atomic E-state index is 12.7. The van der Waals surface area contributed by atoms with Gasteiger partial charge < -0.3 is 10.2 Å². The number of halogens is 3. The Hall–Kier alpha value is -2.31. The van der Waals surface area contributed by atoms with Gasteiger partial charge in [-0.3, -0.25) is 0 Å². The maximum Gasteiger partial charge on any atom is 0.433 e. The fourth-order valence-corrected chi connectivity index (χ4v) is 2.99. The Balaban J connectivity index is 1.65. The molecule has 7 heteroatoms. The maximum atomic E-state index is 12.7. The zero-order chi connectivity index (χ0) is 17.2. The van der Waals surface area contributed by atoms with Gasteiger partial charge in [-0.1, -0.05) is 18.2 Å². The number of nitrogens with one attached hydrogen (secondary N) is 1. The van der Waals surface area contributed by atoms with E-state index in [1.807, 2.05) is 12.1 Å². The molecule has 128 valence electrons. The molecule has 0 unspecified atom stereocenters. The Morgan fingerprint density at radius 1 is 1.25 bits per heavy atom. The predicted molar refractivity (Wildman–Crippen MR) is 87.1 cm³/mol. The average molecular weight is 336 g/mol. The lowest BCUT2D eigenvalue weighted by molar-refractivity contribution is -0.141. The summed E-state index contributed by atoms with van der Waals surface area (Å²) in [5.41, 5.74) is 1.57. The molecule has 0 bridgehead atoms. The Bertz CT molecular complexity index is 702. The van der Waals surface area contributed by atoms with Crippen molar-refractivity contribution in [1.82, 2.24) is 9.97 Å². The van der Waals surface area contributed by atoms with Crippen LogP contribution in [-0.2, 0) is 12.6 Å². The van der Waals surface area contributed by atoms with Gasteiger partial charge in [-0.25, -0.2) is 9.97 Å². The molecule has 1 atom stereocenters. The highest BCUT2D eigenvalue weighted by Crippen LogP contribution is 2.30. The van der Waals surface area contributed by atoms with E-state index in [9.17, 15) is 13.2 Å². The van der Waals surface area contributed by atoms with Crippen molar-refractivity contribution in [2.24, 2.45) is 0 Å². The molecule has 1 aliphatic heterocycles. The minimum atomic E-state index is -4.46. The van der Waals surface area contributed by atoms with Crippen LogP contribution >= 0.6 is 0 Å². The Labute approximate surface area is 138 Å². The van der Waals surface area contributed by atoms with Gasteiger partial charge in [-0.05, 0) is 37.5 Å². The number of fused-ring (bicyclic) bond motifs is 1. The van der Waals surface area contributed by atoms with Crippen molar-refractivity contribution >= 4 is 11.6 Å². The summed E-state index contributed by atoms with van der Waals surface area (Å²) in [6, 6.07) is 9.51. The van der Waals surface area contributed by atoms with Crippen LogP contribution in [0, 0.1) is 0 Å². The van der Waals surface area contributed by atoms with Crippen LogP contribution in [0.4, 0.5) is 24.8 Å². The second-order valence-corrected chi connectivity index (χ2v) is 5.90. The molecular weight excluding hydrogens is 317 g/mol. The van der Waals surface area contributed by atoms with Crippen LogP contribution in [-0.4, -0.2) is 29.1 Å². The van der Waals surface area contributed by atoms with Crippen molar-refractivity contribution in [3.05, 3.63) is 47.8 Å². The third-order valence-corrected chi connectivity index (χ3v) is 4.25. The first-order valence-electron chi connectivity index (χ1n) is 7.94. The highest BCUT2D eigenvalue weighted by atomic mass is 19.4. The van der Waals surface area contributed by atoms with Crippen molar-refractivity contribution in [3.8, 4) is 0 Å². The topological polar surface area (TPSA) is 41.0 Å². The van der Waals surface area contributed by atoms with E-state index in [0.717, 1.165) is 25.1 Å². The smallest absolute Gasteiger partial charge is 0.367 e. The third-order valence-electron chi connectivity index (χ3n) is 4.25. The minimum Gasteiger partial charge on any atom is -0.367 e. The second-order valence-electron chi connectivity index (χ2n) is 5.90. The molecule has 0 amide bonds. The van der Waals surface area contributed by atoms with E-state index in [4.69, 9.17) is 0 Å². The van der Waals surface area contributed by atoms with Gasteiger partial charge in [-0.15, -0.1) is 0 Å². The van der Waals surface area contributed by atoms with Crippen LogP contribution < -0.4 is 10.2 Å². The van der Waals surface area contributed by atoms with Gasteiger partial charge in [0.2, 0.25) is 5.95 Å². The molecule has 2 aromatic rings. The van der Waals surface area contributed by atoms with Crippen LogP contribution in [0.3, 0.4) is 0 Å². The molecule has 24 heavy (non-hydrogen) atoms. The fraction of sp³-hybridized carbons (Fsp3) is 0.412. The van der Waals surface area contributed by atoms with Gasteiger partial charge in [0.05, 0.1) is 0 Å². The van der Waals surface area contributed by atoms with Crippen LogP contribution in [0.25, 0.3) is 0 Å². The van der Waals surface area contributed by atoms with Crippen molar-refractivity contribution in [2.75, 3.05) is 23.3 Å². The zero-order valence-corrected chi connectivity index (χ0v) is 13.3. The molecule has 1 aromatic carbocycles. The van der Waals surface area contributed by atoms with Gasteiger partial charge >= 0.3 is 6.18 Å². The average Bonchev–Trinajstić information content (AvgIpc) is 2.56. The summed E-state index contributed by atoms with van der Waals surface area (Å²) < 4.78 is 38.0. The van der Waals surface area contributed by atoms with E-state index in [1.165, 1.54) is 11.3 Å². The molecular formula is C17H19F3N4. The van der Waals surface area contributed by atoms with Crippen LogP contribution in [0.15, 0.2) is 36.5 Å². The van der Waals surface area contributed by atoms with Gasteiger partial charge in [-0.2, -0.15) is 13.2 Å². The van der Waals surface area contributed by atoms with E-state index in [0.29, 0.717) is 19.1 Å². The number of hydrogen-bond donors (Lipinski definition) is 1. The van der Waals surface area contributed by atoms with Crippen LogP contribution in [0.2, 0.25) is 0 Å². The van der Waals surface area contributed by atoms with Gasteiger partial charge in [0.25, 0.3) is 0 Å². The first-order chi connectivity index (χ1) is 11.4. The second kappa shape index (κ2) is 6.67. The summed E-state index contributed by atoms with van der Waals surface area (Å²) in [7, 11) is 0. The Morgan fingerprint density at radius 2 is 2.04 bits per heavy atom. The van der Waals surface area contributed by atoms with Crippen LogP contribution in [0.1, 0.15) is 24.6 Å². The quantitative estimate of drug-likeness (QED) is 0.923. The largest absolute Gasteiger partial charge is 0.433 e. The monoisotopic (exact) mass is 336 g/mol. The molecule has 0 saturated heterocycles. The van der Waals surface area contributed by atoms with Crippen LogP contribution in [0.5, 0.6) is 0 Å². The normalized spacial score (nSPS) is 17.5. The van der Waals surface area contributed by atoms with E-state index < -0.39 is 11.9 Å². The number of rotatable bonds is 4. The number of para-hydroxylation sites is 1. The predicted octanol–water partition coefficient (Wildman–Crippen LogP) is 3.75. The Kier molecular flexibility index (Phi) is 4.59. The summed E-state index contributed by atoms with van der Waals surface area (Å²) in [5.74, 6) is 0.00257. The van der Waals surface area contributed by atoms with Crippen molar-refractivity contribution in [3.63, 3.8) is 0 Å². The SMILES string of the molecule is C[C@@H]1CCc2ccccc2N1CCNc1nccc(C(F)(F)F)n1. The molecule has 1 aliphatic rings. The van der Waals surface area contributed by atoms with Crippen molar-refractivity contribution in [2.45, 2.75) is 32.0 Å². The number of hydrogen-bond acceptors (Lipinski definition) is 4. The summed E-state index contributed by atoms with van der Waals surface area (Å²) >= 11 is 0. The van der Waals surface area contributed by atoms with Crippen molar-refractivity contribution in [1.29, 1.82) is 0 Å². The highest BCUT2D eigenvalue weighted by molar-refractivity contribution is 5.56. The minimum absolute atomic E-state index is 0.00257. The number of nitrogens with zero attached hydrogens (tertiary/aromatic N) is 3. The lowest BCUT2D eigenvalue weighted by Gasteiger charge is -2.37. The van der Waals surface area contributed by atoms with E-state index >= 15 is 0 Å². The number of aryl methyl sites for hydroxylation is 1. The standard InChI is InChI=1S/C17H19F3N4/c1-12-6-7-13-4-2-3-5-14(13)24(12)11-10-22-16-21-9-8-15(23-16)17(18,19)20/h2-5,8-9,12H,6-7,10-11H2,1H3,(H,21,22,23)/t12-/m1/s1. The zero-order valence-electron chi connectivity index (χ0n) is 13.3. The van der Waals surface area contributed by atoms with E-state index in [2.05, 4.69) is 39.2 Å². The highest BCUT2D eigenvalue weighted by Gasteiger charge is 2.32. The molecule has 0 radical (unpaired) electrons. The number of aromatic nitrogens is 2. The molecule has 4 nitrogen and oxygen atoms in total. The molecule has 0 fully saturated rings. The lowest BCUT2D eigenvalue weighted by atomic mass is 9.97. The van der Waals surface area contributed by atoms with E-state index in [-0.39, 0.29) is 5.95 Å². The molecule has 0 saturated carbocycles. The summed E-state index contributed by atoms with van der Waals surface area (Å²) in [5, 5.41) is 2.89. The molecule has 2 heterocycles. The van der Waals surface area contributed by atoms with Gasteiger partial charge in [0.15, 0.2) is 0 Å². The number of benzene rings is 1. The van der Waals surface area contributed by atoms with Gasteiger partial charge in [0.1, 0.15) is 5.69 Å². The van der Waals surface area contributed by atoms with E-state index in [1.54, 1.807) is 0 Å². The Morgan fingerprint density at radius 3 is 2.83 bits per heavy atom.